The first kappa shape index (κ1) is 31.8. The van der Waals surface area contributed by atoms with E-state index in [2.05, 4.69) is 26.0 Å². The van der Waals surface area contributed by atoms with E-state index in [4.69, 9.17) is 9.26 Å². The van der Waals surface area contributed by atoms with Crippen LogP contribution < -0.4 is 5.32 Å². The topological polar surface area (TPSA) is 218 Å². The molecule has 1 amide bonds. The Morgan fingerprint density at radius 1 is 1.16 bits per heavy atom. The van der Waals surface area contributed by atoms with Crippen LogP contribution in [0.15, 0.2) is 24.3 Å². The summed E-state index contributed by atoms with van der Waals surface area (Å²) in [5.41, 5.74) is 1.28. The second kappa shape index (κ2) is 13.1. The predicted molar refractivity (Wildman–Crippen MR) is 129 cm³/mol. The highest BCUT2D eigenvalue weighted by atomic mass is 31.3. The van der Waals surface area contributed by atoms with Crippen molar-refractivity contribution in [2.24, 2.45) is 0 Å². The van der Waals surface area contributed by atoms with Gasteiger partial charge in [-0.2, -0.15) is 4.31 Å². The van der Waals surface area contributed by atoms with Gasteiger partial charge in [-0.15, -0.1) is 0 Å². The molecule has 1 aromatic rings. The third-order valence-corrected chi connectivity index (χ3v) is 10.2. The van der Waals surface area contributed by atoms with E-state index in [0.29, 0.717) is 17.5 Å². The van der Waals surface area contributed by atoms with Crippen LogP contribution in [0.4, 0.5) is 0 Å². The number of carbonyl (C=O) groups is 1. The Balaban J connectivity index is 2.02. The van der Waals surface area contributed by atoms with Crippen molar-refractivity contribution < 1.29 is 61.3 Å². The molecule has 14 nitrogen and oxygen atoms in total. The number of aliphatic hydroxyl groups excluding tert-OH is 1. The van der Waals surface area contributed by atoms with Gasteiger partial charge >= 0.3 is 23.2 Å². The Labute approximate surface area is 213 Å². The first-order chi connectivity index (χ1) is 17.2. The molecule has 1 saturated heterocycles. The van der Waals surface area contributed by atoms with Crippen LogP contribution in [-0.4, -0.2) is 61.8 Å². The lowest BCUT2D eigenvalue weighted by Crippen LogP contribution is -2.30. The van der Waals surface area contributed by atoms with Crippen molar-refractivity contribution in [1.82, 2.24) is 5.32 Å². The molecule has 0 bridgehead atoms. The van der Waals surface area contributed by atoms with Crippen LogP contribution in [0, 0.1) is 11.8 Å². The fourth-order valence-electron chi connectivity index (χ4n) is 3.55. The van der Waals surface area contributed by atoms with Crippen LogP contribution in [0.5, 0.6) is 0 Å². The fraction of sp³-hybridized carbons (Fsp3) is 0.550. The third kappa shape index (κ3) is 9.08. The molecule has 1 fully saturated rings. The minimum atomic E-state index is -5.49. The number of amides is 1. The number of carbonyl (C=O) groups excluding carboxylic acids is 1. The zero-order chi connectivity index (χ0) is 27.9. The lowest BCUT2D eigenvalue weighted by molar-refractivity contribution is -0.109. The largest absolute Gasteiger partial charge is 0.482 e. The fourth-order valence-corrected chi connectivity index (χ4v) is 7.49. The summed E-state index contributed by atoms with van der Waals surface area (Å²) in [6, 6.07) is 6.88. The molecule has 5 atom stereocenters. The summed E-state index contributed by atoms with van der Waals surface area (Å²) in [6.45, 7) is 2.03. The summed E-state index contributed by atoms with van der Waals surface area (Å²) in [5, 5.41) is 10.3. The van der Waals surface area contributed by atoms with Gasteiger partial charge in [0.1, 0.15) is 6.10 Å². The number of phosphoric ester groups is 2. The van der Waals surface area contributed by atoms with Crippen molar-refractivity contribution in [1.29, 1.82) is 0 Å². The SMILES string of the molecule is CCC(CC)(OP(=O)(O)OP(=O)(O)OC[C@H]1O[C@@H](c2cccc(C#CCNC=O)c2)CC1O)P(=O)(O)O. The monoisotopic (exact) mass is 585 g/mol. The second-order valence-electron chi connectivity index (χ2n) is 8.00. The van der Waals surface area contributed by atoms with E-state index in [1.165, 1.54) is 13.8 Å². The summed E-state index contributed by atoms with van der Waals surface area (Å²) >= 11 is 0. The van der Waals surface area contributed by atoms with Gasteiger partial charge in [-0.05, 0) is 30.5 Å². The lowest BCUT2D eigenvalue weighted by atomic mass is 10.0. The molecule has 0 spiro atoms. The first-order valence-electron chi connectivity index (χ1n) is 11.0. The van der Waals surface area contributed by atoms with Gasteiger partial charge in [-0.25, -0.2) is 9.13 Å². The van der Waals surface area contributed by atoms with Gasteiger partial charge in [0.05, 0.1) is 25.4 Å². The number of phosphoric acid groups is 2. The maximum absolute atomic E-state index is 12.3. The number of hydrogen-bond donors (Lipinski definition) is 6. The van der Waals surface area contributed by atoms with Gasteiger partial charge < -0.3 is 34.7 Å². The lowest BCUT2D eigenvalue weighted by Gasteiger charge is -2.33. The normalized spacial score (nSPS) is 23.4. The van der Waals surface area contributed by atoms with E-state index in [1.54, 1.807) is 24.3 Å². The highest BCUT2D eigenvalue weighted by molar-refractivity contribution is 7.62. The van der Waals surface area contributed by atoms with E-state index in [1.807, 2.05) is 0 Å². The van der Waals surface area contributed by atoms with Gasteiger partial charge in [-0.3, -0.25) is 18.4 Å². The van der Waals surface area contributed by atoms with Gasteiger partial charge in [0.15, 0.2) is 5.34 Å². The molecule has 2 rings (SSSR count). The number of rotatable bonds is 13. The molecule has 1 aliphatic heterocycles. The Morgan fingerprint density at radius 3 is 2.43 bits per heavy atom. The van der Waals surface area contributed by atoms with Crippen LogP contribution in [-0.2, 0) is 36.6 Å². The summed E-state index contributed by atoms with van der Waals surface area (Å²) in [4.78, 5) is 49.2. The summed E-state index contributed by atoms with van der Waals surface area (Å²) in [5.74, 6) is 5.61. The zero-order valence-electron chi connectivity index (χ0n) is 20.0. The Bertz CT molecular complexity index is 1140. The van der Waals surface area contributed by atoms with E-state index in [9.17, 15) is 43.2 Å². The third-order valence-electron chi connectivity index (χ3n) is 5.52. The molecule has 1 aliphatic rings. The van der Waals surface area contributed by atoms with Gasteiger partial charge in [0.2, 0.25) is 6.41 Å². The molecular weight excluding hydrogens is 555 g/mol. The van der Waals surface area contributed by atoms with Crippen molar-refractivity contribution in [3.05, 3.63) is 35.4 Å². The average Bonchev–Trinajstić information content (AvgIpc) is 3.18. The number of nitrogens with one attached hydrogen (secondary N) is 1. The molecule has 37 heavy (non-hydrogen) atoms. The molecule has 0 saturated carbocycles. The Kier molecular flexibility index (Phi) is 11.2. The van der Waals surface area contributed by atoms with Gasteiger partial charge in [0, 0.05) is 12.0 Å². The van der Waals surface area contributed by atoms with Crippen LogP contribution in [0.3, 0.4) is 0 Å². The zero-order valence-corrected chi connectivity index (χ0v) is 22.7. The molecule has 1 heterocycles. The molecule has 17 heteroatoms. The Hall–Kier alpha value is -1.42. The number of ether oxygens (including phenoxy) is 1. The van der Waals surface area contributed by atoms with E-state index < -0.39 is 66.3 Å². The average molecular weight is 585 g/mol. The van der Waals surface area contributed by atoms with Crippen LogP contribution in [0.1, 0.15) is 50.3 Å². The van der Waals surface area contributed by atoms with Gasteiger partial charge in [-0.1, -0.05) is 37.8 Å². The number of hydrogen-bond acceptors (Lipinski definition) is 9. The van der Waals surface area contributed by atoms with Crippen molar-refractivity contribution >= 4 is 29.7 Å². The Morgan fingerprint density at radius 2 is 1.84 bits per heavy atom. The standard InChI is InChI=1S/C20H30NO13P3/c1-3-20(4-2,35(24,25)26)33-37(29,30)34-36(27,28)31-13-19-17(23)12-18(32-19)16-9-5-7-15(11-16)8-6-10-21-14-22/h5,7,9,11,14,17-19,23H,3-4,10,12-13H2,1-2H3,(H,21,22)(H,27,28)(H,29,30)(H2,24,25,26)/t17?,18-,19-/m1/s1. The highest BCUT2D eigenvalue weighted by Gasteiger charge is 2.52. The van der Waals surface area contributed by atoms with E-state index in [0.717, 1.165) is 0 Å². The maximum Gasteiger partial charge on any atom is 0.482 e. The van der Waals surface area contributed by atoms with Crippen LogP contribution >= 0.6 is 23.2 Å². The quantitative estimate of drug-likeness (QED) is 0.0845. The molecule has 208 valence electrons. The van der Waals surface area contributed by atoms with Gasteiger partial charge in [0.25, 0.3) is 0 Å². The summed E-state index contributed by atoms with van der Waals surface area (Å²) in [7, 11) is -15.9. The molecule has 1 aromatic carbocycles. The van der Waals surface area contributed by atoms with Crippen molar-refractivity contribution in [2.75, 3.05) is 13.2 Å². The number of aliphatic hydroxyl groups is 1. The first-order valence-corrected chi connectivity index (χ1v) is 15.6. The van der Waals surface area contributed by atoms with Crippen molar-refractivity contribution in [3.63, 3.8) is 0 Å². The molecule has 0 aliphatic carbocycles. The predicted octanol–water partition coefficient (Wildman–Crippen LogP) is 1.92. The number of benzene rings is 1. The summed E-state index contributed by atoms with van der Waals surface area (Å²) < 4.78 is 55.6. The minimum Gasteiger partial charge on any atom is -0.390 e. The minimum absolute atomic E-state index is 0.105. The molecule has 0 aromatic heterocycles. The molecule has 3 unspecified atom stereocenters. The second-order valence-corrected chi connectivity index (χ2v) is 12.9. The van der Waals surface area contributed by atoms with Crippen molar-refractivity contribution in [2.45, 2.75) is 56.8 Å². The molecule has 6 N–H and O–H groups in total. The van der Waals surface area contributed by atoms with Crippen LogP contribution in [0.25, 0.3) is 0 Å². The van der Waals surface area contributed by atoms with Crippen LogP contribution in [0.2, 0.25) is 0 Å². The molecular formula is C20H30NO13P3. The van der Waals surface area contributed by atoms with E-state index in [-0.39, 0.29) is 13.0 Å². The smallest absolute Gasteiger partial charge is 0.390 e. The van der Waals surface area contributed by atoms with Crippen molar-refractivity contribution in [3.8, 4) is 11.8 Å². The van der Waals surface area contributed by atoms with E-state index >= 15 is 0 Å². The molecule has 0 radical (unpaired) electrons. The highest BCUT2D eigenvalue weighted by Crippen LogP contribution is 2.67. The summed E-state index contributed by atoms with van der Waals surface area (Å²) in [6.07, 6.45) is -3.03. The maximum atomic E-state index is 12.3.